The zero-order valence-electron chi connectivity index (χ0n) is 10.7. The average molecular weight is 357 g/mol. The Bertz CT molecular complexity index is 672. The fourth-order valence-corrected chi connectivity index (χ4v) is 2.16. The van der Waals surface area contributed by atoms with Gasteiger partial charge in [0.25, 0.3) is 0 Å². The predicted octanol–water partition coefficient (Wildman–Crippen LogP) is 3.40. The molecule has 7 heteroatoms. The van der Waals surface area contributed by atoms with Gasteiger partial charge in [0.1, 0.15) is 24.0 Å². The van der Waals surface area contributed by atoms with E-state index in [4.69, 9.17) is 15.7 Å². The topological polar surface area (TPSA) is 67.8 Å². The zero-order valence-corrected chi connectivity index (χ0v) is 12.3. The maximum Gasteiger partial charge on any atom is 0.173 e. The average Bonchev–Trinajstić information content (AvgIpc) is 2.44. The number of nitrogens with zero attached hydrogens (tertiary/aromatic N) is 1. The van der Waals surface area contributed by atoms with Crippen LogP contribution in [0.5, 0.6) is 5.75 Å². The van der Waals surface area contributed by atoms with Gasteiger partial charge in [0.15, 0.2) is 5.84 Å². The van der Waals surface area contributed by atoms with E-state index in [0.29, 0.717) is 4.47 Å². The Morgan fingerprint density at radius 2 is 2.05 bits per heavy atom. The van der Waals surface area contributed by atoms with E-state index in [-0.39, 0.29) is 29.3 Å². The minimum Gasteiger partial charge on any atom is -0.489 e. The zero-order chi connectivity index (χ0) is 15.4. The van der Waals surface area contributed by atoms with Crippen LogP contribution in [0, 0.1) is 11.6 Å². The second-order valence-corrected chi connectivity index (χ2v) is 5.07. The Morgan fingerprint density at radius 3 is 2.71 bits per heavy atom. The minimum absolute atomic E-state index is 0.0287. The summed E-state index contributed by atoms with van der Waals surface area (Å²) in [5.74, 6) is -1.19. The molecule has 0 amide bonds. The summed E-state index contributed by atoms with van der Waals surface area (Å²) in [5, 5.41) is 11.4. The lowest BCUT2D eigenvalue weighted by molar-refractivity contribution is 0.298. The van der Waals surface area contributed by atoms with E-state index in [1.165, 1.54) is 24.3 Å². The monoisotopic (exact) mass is 356 g/mol. The van der Waals surface area contributed by atoms with Crippen LogP contribution >= 0.6 is 15.9 Å². The molecule has 0 bridgehead atoms. The Labute approximate surface area is 128 Å². The van der Waals surface area contributed by atoms with Gasteiger partial charge in [-0.2, -0.15) is 0 Å². The molecule has 0 aromatic heterocycles. The lowest BCUT2D eigenvalue weighted by atomic mass is 10.1. The molecule has 0 radical (unpaired) electrons. The summed E-state index contributed by atoms with van der Waals surface area (Å²) in [6.45, 7) is -0.117. The van der Waals surface area contributed by atoms with Crippen LogP contribution in [-0.2, 0) is 6.61 Å². The van der Waals surface area contributed by atoms with Gasteiger partial charge in [-0.1, -0.05) is 33.2 Å². The molecular formula is C14H11BrF2N2O2. The summed E-state index contributed by atoms with van der Waals surface area (Å²) in [6, 6.07) is 8.47. The first-order valence-electron chi connectivity index (χ1n) is 5.85. The van der Waals surface area contributed by atoms with Crippen LogP contribution < -0.4 is 10.5 Å². The van der Waals surface area contributed by atoms with Crippen molar-refractivity contribution in [3.63, 3.8) is 0 Å². The number of halogens is 3. The first-order chi connectivity index (χ1) is 10.0. The van der Waals surface area contributed by atoms with Gasteiger partial charge in [-0.05, 0) is 18.2 Å². The second kappa shape index (κ2) is 6.53. The van der Waals surface area contributed by atoms with Crippen molar-refractivity contribution in [1.29, 1.82) is 0 Å². The molecule has 0 aliphatic rings. The number of rotatable bonds is 4. The first-order valence-corrected chi connectivity index (χ1v) is 6.64. The second-order valence-electron chi connectivity index (χ2n) is 4.16. The highest BCUT2D eigenvalue weighted by Crippen LogP contribution is 2.22. The molecule has 0 heterocycles. The number of benzene rings is 2. The van der Waals surface area contributed by atoms with Crippen LogP contribution in [0.4, 0.5) is 8.78 Å². The van der Waals surface area contributed by atoms with Crippen LogP contribution in [0.3, 0.4) is 0 Å². The van der Waals surface area contributed by atoms with Gasteiger partial charge < -0.3 is 15.7 Å². The molecule has 0 aliphatic carbocycles. The van der Waals surface area contributed by atoms with Crippen molar-refractivity contribution in [1.82, 2.24) is 0 Å². The highest BCUT2D eigenvalue weighted by Gasteiger charge is 2.12. The van der Waals surface area contributed by atoms with Gasteiger partial charge in [-0.15, -0.1) is 0 Å². The summed E-state index contributed by atoms with van der Waals surface area (Å²) in [4.78, 5) is 0. The Balaban J connectivity index is 2.20. The molecular weight excluding hydrogens is 346 g/mol. The van der Waals surface area contributed by atoms with Gasteiger partial charge >= 0.3 is 0 Å². The molecule has 0 unspecified atom stereocenters. The number of hydrogen-bond donors (Lipinski definition) is 2. The highest BCUT2D eigenvalue weighted by atomic mass is 79.9. The van der Waals surface area contributed by atoms with Crippen LogP contribution in [0.2, 0.25) is 0 Å². The van der Waals surface area contributed by atoms with E-state index in [1.54, 1.807) is 12.1 Å². The van der Waals surface area contributed by atoms with Gasteiger partial charge in [-0.25, -0.2) is 8.78 Å². The third kappa shape index (κ3) is 3.69. The third-order valence-corrected chi connectivity index (χ3v) is 3.15. The van der Waals surface area contributed by atoms with Crippen molar-refractivity contribution >= 4 is 21.8 Å². The summed E-state index contributed by atoms with van der Waals surface area (Å²) in [6.07, 6.45) is 0. The standard InChI is InChI=1S/C14H11BrF2N2O2/c15-9-4-10(16)6-11(5-9)21-7-8-2-1-3-12(13(8)17)14(18)19-20/h1-6,20H,7H2,(H2,18,19). The van der Waals surface area contributed by atoms with E-state index in [0.717, 1.165) is 0 Å². The van der Waals surface area contributed by atoms with Gasteiger partial charge in [0.2, 0.25) is 0 Å². The maximum atomic E-state index is 14.1. The van der Waals surface area contributed by atoms with Crippen molar-refractivity contribution in [2.75, 3.05) is 0 Å². The number of amidine groups is 1. The fraction of sp³-hybridized carbons (Fsp3) is 0.0714. The SMILES string of the molecule is N/C(=N/O)c1cccc(COc2cc(F)cc(Br)c2)c1F. The molecule has 3 N–H and O–H groups in total. The van der Waals surface area contributed by atoms with Gasteiger partial charge in [-0.3, -0.25) is 0 Å². The van der Waals surface area contributed by atoms with Crippen LogP contribution in [0.15, 0.2) is 46.0 Å². The molecule has 0 aliphatic heterocycles. The molecule has 2 aromatic carbocycles. The van der Waals surface area contributed by atoms with E-state index in [2.05, 4.69) is 21.1 Å². The lowest BCUT2D eigenvalue weighted by Crippen LogP contribution is -2.16. The lowest BCUT2D eigenvalue weighted by Gasteiger charge is -2.10. The molecule has 4 nitrogen and oxygen atoms in total. The van der Waals surface area contributed by atoms with E-state index < -0.39 is 11.6 Å². The number of oxime groups is 1. The molecule has 0 saturated heterocycles. The van der Waals surface area contributed by atoms with Crippen LogP contribution in [-0.4, -0.2) is 11.0 Å². The van der Waals surface area contributed by atoms with Crippen molar-refractivity contribution in [2.24, 2.45) is 10.9 Å². The molecule has 0 fully saturated rings. The normalized spacial score (nSPS) is 11.5. The quantitative estimate of drug-likeness (QED) is 0.381. The third-order valence-electron chi connectivity index (χ3n) is 2.69. The maximum absolute atomic E-state index is 14.1. The number of ether oxygens (including phenoxy) is 1. The Morgan fingerprint density at radius 1 is 1.29 bits per heavy atom. The van der Waals surface area contributed by atoms with Crippen molar-refractivity contribution in [2.45, 2.75) is 6.61 Å². The Kier molecular flexibility index (Phi) is 4.74. The minimum atomic E-state index is -0.650. The summed E-state index contributed by atoms with van der Waals surface area (Å²) >= 11 is 3.14. The van der Waals surface area contributed by atoms with E-state index in [1.807, 2.05) is 0 Å². The molecule has 110 valence electrons. The predicted molar refractivity (Wildman–Crippen MR) is 77.3 cm³/mol. The van der Waals surface area contributed by atoms with E-state index in [9.17, 15) is 8.78 Å². The van der Waals surface area contributed by atoms with Crippen LogP contribution in [0.25, 0.3) is 0 Å². The van der Waals surface area contributed by atoms with Gasteiger partial charge in [0, 0.05) is 16.1 Å². The Hall–Kier alpha value is -2.15. The highest BCUT2D eigenvalue weighted by molar-refractivity contribution is 9.10. The molecule has 0 atom stereocenters. The van der Waals surface area contributed by atoms with Crippen molar-refractivity contribution in [3.05, 3.63) is 63.6 Å². The van der Waals surface area contributed by atoms with Gasteiger partial charge in [0.05, 0.1) is 5.56 Å². The van der Waals surface area contributed by atoms with Crippen molar-refractivity contribution < 1.29 is 18.7 Å². The summed E-state index contributed by atoms with van der Waals surface area (Å²) in [5.41, 5.74) is 5.55. The first kappa shape index (κ1) is 15.2. The molecule has 2 aromatic rings. The largest absolute Gasteiger partial charge is 0.489 e. The van der Waals surface area contributed by atoms with Crippen LogP contribution in [0.1, 0.15) is 11.1 Å². The summed E-state index contributed by atoms with van der Waals surface area (Å²) in [7, 11) is 0. The van der Waals surface area contributed by atoms with Crippen molar-refractivity contribution in [3.8, 4) is 5.75 Å². The van der Waals surface area contributed by atoms with E-state index >= 15 is 0 Å². The molecule has 21 heavy (non-hydrogen) atoms. The molecule has 2 rings (SSSR count). The smallest absolute Gasteiger partial charge is 0.173 e. The summed E-state index contributed by atoms with van der Waals surface area (Å²) < 4.78 is 33.2. The fourth-order valence-electron chi connectivity index (χ4n) is 1.72. The number of nitrogens with two attached hydrogens (primary N) is 1. The molecule has 0 spiro atoms. The number of hydrogen-bond acceptors (Lipinski definition) is 3. The molecule has 0 saturated carbocycles.